The monoisotopic (exact) mass is 291 g/mol. The van der Waals surface area contributed by atoms with E-state index in [-0.39, 0.29) is 5.97 Å². The van der Waals surface area contributed by atoms with E-state index < -0.39 is 5.54 Å². The third-order valence-corrected chi connectivity index (χ3v) is 3.03. The highest BCUT2D eigenvalue weighted by Gasteiger charge is 2.32. The molecular weight excluding hydrogens is 262 g/mol. The van der Waals surface area contributed by atoms with Crippen LogP contribution in [0.4, 0.5) is 0 Å². The van der Waals surface area contributed by atoms with Crippen LogP contribution in [-0.2, 0) is 23.7 Å². The average Bonchev–Trinajstić information content (AvgIpc) is 2.45. The molecule has 6 nitrogen and oxygen atoms in total. The second-order valence-electron chi connectivity index (χ2n) is 4.62. The molecule has 0 bridgehead atoms. The Kier molecular flexibility index (Phi) is 11.7. The summed E-state index contributed by atoms with van der Waals surface area (Å²) in [6.45, 7) is 7.01. The lowest BCUT2D eigenvalue weighted by molar-refractivity contribution is -0.151. The molecule has 0 saturated carbocycles. The van der Waals surface area contributed by atoms with Gasteiger partial charge < -0.3 is 24.3 Å². The Labute approximate surface area is 122 Å². The summed E-state index contributed by atoms with van der Waals surface area (Å²) in [6, 6.07) is 0. The van der Waals surface area contributed by atoms with Crippen molar-refractivity contribution in [1.82, 2.24) is 5.32 Å². The van der Waals surface area contributed by atoms with E-state index in [1.807, 2.05) is 6.92 Å². The molecule has 0 spiro atoms. The number of ether oxygens (including phenoxy) is 4. The van der Waals surface area contributed by atoms with Crippen LogP contribution in [0, 0.1) is 0 Å². The van der Waals surface area contributed by atoms with Crippen LogP contribution in [0.5, 0.6) is 0 Å². The van der Waals surface area contributed by atoms with Crippen LogP contribution in [0.3, 0.4) is 0 Å². The predicted molar refractivity (Wildman–Crippen MR) is 76.8 cm³/mol. The molecule has 0 aliphatic heterocycles. The number of carbonyl (C=O) groups is 1. The van der Waals surface area contributed by atoms with Crippen LogP contribution >= 0.6 is 0 Å². The van der Waals surface area contributed by atoms with Gasteiger partial charge in [-0.3, -0.25) is 4.79 Å². The van der Waals surface area contributed by atoms with Crippen LogP contribution < -0.4 is 5.32 Å². The summed E-state index contributed by atoms with van der Waals surface area (Å²) in [5.74, 6) is -0.242. The van der Waals surface area contributed by atoms with Gasteiger partial charge in [0.05, 0.1) is 19.8 Å². The van der Waals surface area contributed by atoms with Crippen molar-refractivity contribution in [2.75, 3.05) is 53.8 Å². The lowest BCUT2D eigenvalue weighted by Gasteiger charge is -2.26. The van der Waals surface area contributed by atoms with Crippen molar-refractivity contribution < 1.29 is 23.7 Å². The zero-order valence-electron chi connectivity index (χ0n) is 13.2. The normalized spacial score (nSPS) is 14.0. The predicted octanol–water partition coefficient (Wildman–Crippen LogP) is 0.987. The van der Waals surface area contributed by atoms with Crippen LogP contribution in [0.2, 0.25) is 0 Å². The lowest BCUT2D eigenvalue weighted by atomic mass is 9.99. The number of hydrogen-bond acceptors (Lipinski definition) is 6. The largest absolute Gasteiger partial charge is 0.465 e. The van der Waals surface area contributed by atoms with Gasteiger partial charge in [-0.1, -0.05) is 0 Å². The van der Waals surface area contributed by atoms with E-state index in [0.29, 0.717) is 46.1 Å². The van der Waals surface area contributed by atoms with Crippen LogP contribution in [0.1, 0.15) is 26.7 Å². The fourth-order valence-corrected chi connectivity index (χ4v) is 1.51. The van der Waals surface area contributed by atoms with Gasteiger partial charge >= 0.3 is 5.97 Å². The molecule has 0 radical (unpaired) electrons. The number of likely N-dealkylation sites (N-methyl/N-ethyl adjacent to an activating group) is 1. The first-order valence-electron chi connectivity index (χ1n) is 7.11. The van der Waals surface area contributed by atoms with E-state index in [4.69, 9.17) is 18.9 Å². The van der Waals surface area contributed by atoms with Crippen LogP contribution in [0.25, 0.3) is 0 Å². The lowest BCUT2D eigenvalue weighted by Crippen LogP contribution is -2.49. The summed E-state index contributed by atoms with van der Waals surface area (Å²) in [6.07, 6.45) is 1.41. The number of rotatable bonds is 13. The zero-order chi connectivity index (χ0) is 15.3. The molecule has 0 rings (SSSR count). The molecular formula is C14H29NO5. The summed E-state index contributed by atoms with van der Waals surface area (Å²) in [7, 11) is 3.40. The minimum atomic E-state index is -0.690. The Balaban J connectivity index is 3.63. The van der Waals surface area contributed by atoms with Crippen molar-refractivity contribution in [2.45, 2.75) is 32.2 Å². The molecule has 0 aromatic heterocycles. The Morgan fingerprint density at radius 1 is 1.10 bits per heavy atom. The Morgan fingerprint density at radius 2 is 1.75 bits per heavy atom. The number of methoxy groups -OCH3 is 1. The van der Waals surface area contributed by atoms with Crippen molar-refractivity contribution in [3.63, 3.8) is 0 Å². The topological polar surface area (TPSA) is 66.0 Å². The number of hydrogen-bond donors (Lipinski definition) is 1. The number of nitrogens with one attached hydrogen (secondary N) is 1. The highest BCUT2D eigenvalue weighted by Crippen LogP contribution is 2.11. The van der Waals surface area contributed by atoms with Gasteiger partial charge in [0, 0.05) is 26.9 Å². The molecule has 0 aromatic rings. The molecule has 0 aliphatic carbocycles. The van der Waals surface area contributed by atoms with Gasteiger partial charge in [-0.2, -0.15) is 0 Å². The molecule has 1 N–H and O–H groups in total. The quantitative estimate of drug-likeness (QED) is 0.403. The molecule has 6 heteroatoms. The summed E-state index contributed by atoms with van der Waals surface area (Å²) < 4.78 is 20.7. The van der Waals surface area contributed by atoms with E-state index in [2.05, 4.69) is 5.32 Å². The van der Waals surface area contributed by atoms with Crippen molar-refractivity contribution >= 4 is 5.97 Å². The minimum absolute atomic E-state index is 0.242. The van der Waals surface area contributed by atoms with Gasteiger partial charge in [-0.25, -0.2) is 0 Å². The molecule has 0 aromatic carbocycles. The first-order valence-corrected chi connectivity index (χ1v) is 7.11. The van der Waals surface area contributed by atoms with E-state index >= 15 is 0 Å². The van der Waals surface area contributed by atoms with E-state index in [1.54, 1.807) is 21.1 Å². The minimum Gasteiger partial charge on any atom is -0.465 e. The van der Waals surface area contributed by atoms with Crippen molar-refractivity contribution in [3.05, 3.63) is 0 Å². The van der Waals surface area contributed by atoms with Gasteiger partial charge in [-0.05, 0) is 33.7 Å². The second kappa shape index (κ2) is 12.1. The average molecular weight is 291 g/mol. The summed E-state index contributed by atoms with van der Waals surface area (Å²) in [4.78, 5) is 11.8. The number of carbonyl (C=O) groups excluding carboxylic acids is 1. The highest BCUT2D eigenvalue weighted by molar-refractivity contribution is 5.80. The SMILES string of the molecule is CCOC(=O)C(C)(CCOCCCOCCOC)NC. The van der Waals surface area contributed by atoms with Gasteiger partial charge in [0.2, 0.25) is 0 Å². The third kappa shape index (κ3) is 8.47. The Morgan fingerprint density at radius 3 is 2.30 bits per heavy atom. The molecule has 0 fully saturated rings. The smallest absolute Gasteiger partial charge is 0.326 e. The second-order valence-corrected chi connectivity index (χ2v) is 4.62. The molecule has 120 valence electrons. The fourth-order valence-electron chi connectivity index (χ4n) is 1.51. The fraction of sp³-hybridized carbons (Fsp3) is 0.929. The van der Waals surface area contributed by atoms with E-state index in [0.717, 1.165) is 6.42 Å². The molecule has 0 saturated heterocycles. The maximum atomic E-state index is 11.8. The molecule has 0 heterocycles. The molecule has 1 unspecified atom stereocenters. The van der Waals surface area contributed by atoms with Gasteiger partial charge in [0.25, 0.3) is 0 Å². The van der Waals surface area contributed by atoms with Crippen LogP contribution in [0.15, 0.2) is 0 Å². The summed E-state index contributed by atoms with van der Waals surface area (Å²) in [5.41, 5.74) is -0.690. The Hall–Kier alpha value is -0.690. The highest BCUT2D eigenvalue weighted by atomic mass is 16.5. The molecule has 0 amide bonds. The molecule has 0 aliphatic rings. The maximum absolute atomic E-state index is 11.8. The number of esters is 1. The van der Waals surface area contributed by atoms with Crippen molar-refractivity contribution in [3.8, 4) is 0 Å². The van der Waals surface area contributed by atoms with Gasteiger partial charge in [0.15, 0.2) is 0 Å². The third-order valence-electron chi connectivity index (χ3n) is 3.03. The van der Waals surface area contributed by atoms with Crippen molar-refractivity contribution in [1.29, 1.82) is 0 Å². The first kappa shape index (κ1) is 19.3. The Bertz CT molecular complexity index is 250. The van der Waals surface area contributed by atoms with Crippen LogP contribution in [-0.4, -0.2) is 65.3 Å². The standard InChI is InChI=1S/C14H29NO5/c1-5-20-13(16)14(2,15-3)7-10-18-8-6-9-19-12-11-17-4/h15H,5-12H2,1-4H3. The summed E-state index contributed by atoms with van der Waals surface area (Å²) in [5, 5.41) is 3.00. The van der Waals surface area contributed by atoms with Crippen molar-refractivity contribution in [2.24, 2.45) is 0 Å². The zero-order valence-corrected chi connectivity index (χ0v) is 13.2. The van der Waals surface area contributed by atoms with Gasteiger partial charge in [-0.15, -0.1) is 0 Å². The van der Waals surface area contributed by atoms with E-state index in [9.17, 15) is 4.79 Å². The summed E-state index contributed by atoms with van der Waals surface area (Å²) >= 11 is 0. The molecule has 20 heavy (non-hydrogen) atoms. The van der Waals surface area contributed by atoms with E-state index in [1.165, 1.54) is 0 Å². The maximum Gasteiger partial charge on any atom is 0.326 e. The first-order chi connectivity index (χ1) is 9.60. The van der Waals surface area contributed by atoms with Gasteiger partial charge in [0.1, 0.15) is 5.54 Å². The molecule has 1 atom stereocenters.